The van der Waals surface area contributed by atoms with E-state index in [1.807, 2.05) is 20.8 Å². The monoisotopic (exact) mass is 539 g/mol. The van der Waals surface area contributed by atoms with Gasteiger partial charge in [-0.3, -0.25) is 19.2 Å². The zero-order chi connectivity index (χ0) is 26.6. The van der Waals surface area contributed by atoms with Crippen LogP contribution in [0.5, 0.6) is 0 Å². The molecule has 8 nitrogen and oxygen atoms in total. The van der Waals surface area contributed by atoms with Crippen molar-refractivity contribution in [3.05, 3.63) is 33.8 Å². The fourth-order valence-electron chi connectivity index (χ4n) is 5.05. The zero-order valence-electron chi connectivity index (χ0n) is 21.1. The van der Waals surface area contributed by atoms with Crippen LogP contribution < -0.4 is 5.32 Å². The Bertz CT molecular complexity index is 1000. The summed E-state index contributed by atoms with van der Waals surface area (Å²) in [5.41, 5.74) is -0.0608. The lowest BCUT2D eigenvalue weighted by molar-refractivity contribution is -0.144. The standard InChI is InChI=1S/C26H35Cl2N3O5/c1-26(2,3)15-21(32)30-11-12-31(25(36)17-9-10-18(27)19(28)13-17)24(30)23(35)29-20(14-22(33)34)16-7-5-4-6-8-16/h9-10,13,16,20,24H,4-8,11-12,14-15H2,1-3H3,(H,29,35)(H,33,34). The number of hydrogen-bond acceptors (Lipinski definition) is 4. The van der Waals surface area contributed by atoms with Crippen LogP contribution in [-0.4, -0.2) is 63.9 Å². The summed E-state index contributed by atoms with van der Waals surface area (Å²) in [6.45, 7) is 6.16. The van der Waals surface area contributed by atoms with E-state index in [0.717, 1.165) is 32.1 Å². The molecule has 2 atom stereocenters. The fourth-order valence-corrected chi connectivity index (χ4v) is 5.35. The molecule has 3 amide bonds. The van der Waals surface area contributed by atoms with Crippen LogP contribution in [0.25, 0.3) is 0 Å². The van der Waals surface area contributed by atoms with Crippen molar-refractivity contribution >= 4 is 46.9 Å². The largest absolute Gasteiger partial charge is 0.481 e. The molecule has 198 valence electrons. The number of carbonyl (C=O) groups excluding carboxylic acids is 3. The van der Waals surface area contributed by atoms with Gasteiger partial charge in [-0.05, 0) is 42.4 Å². The lowest BCUT2D eigenvalue weighted by Crippen LogP contribution is -2.57. The average molecular weight is 540 g/mol. The summed E-state index contributed by atoms with van der Waals surface area (Å²) in [5, 5.41) is 12.9. The van der Waals surface area contributed by atoms with Crippen LogP contribution in [0.1, 0.15) is 76.1 Å². The first-order valence-electron chi connectivity index (χ1n) is 12.4. The molecule has 36 heavy (non-hydrogen) atoms. The Balaban J connectivity index is 1.90. The van der Waals surface area contributed by atoms with Gasteiger partial charge in [-0.2, -0.15) is 0 Å². The molecule has 1 saturated heterocycles. The molecule has 2 unspecified atom stereocenters. The van der Waals surface area contributed by atoms with Crippen LogP contribution in [0.4, 0.5) is 0 Å². The topological polar surface area (TPSA) is 107 Å². The number of aliphatic carboxylic acids is 1. The first-order chi connectivity index (χ1) is 16.9. The van der Waals surface area contributed by atoms with Crippen molar-refractivity contribution in [2.75, 3.05) is 13.1 Å². The Kier molecular flexibility index (Phi) is 9.28. The van der Waals surface area contributed by atoms with Crippen molar-refractivity contribution in [1.82, 2.24) is 15.1 Å². The van der Waals surface area contributed by atoms with Gasteiger partial charge in [-0.15, -0.1) is 0 Å². The SMILES string of the molecule is CC(C)(C)CC(=O)N1CCN(C(=O)c2ccc(Cl)c(Cl)c2)C1C(=O)NC(CC(=O)O)C1CCCCC1. The molecule has 0 spiro atoms. The Morgan fingerprint density at radius 1 is 1.03 bits per heavy atom. The molecule has 10 heteroatoms. The Labute approximate surface area is 222 Å². The lowest BCUT2D eigenvalue weighted by Gasteiger charge is -2.34. The maximum Gasteiger partial charge on any atom is 0.305 e. The molecule has 1 heterocycles. The summed E-state index contributed by atoms with van der Waals surface area (Å²) in [4.78, 5) is 54.7. The lowest BCUT2D eigenvalue weighted by atomic mass is 9.82. The predicted molar refractivity (Wildman–Crippen MR) is 138 cm³/mol. The molecule has 2 aliphatic rings. The van der Waals surface area contributed by atoms with E-state index < -0.39 is 30.0 Å². The third-order valence-corrected chi connectivity index (χ3v) is 7.52. The van der Waals surface area contributed by atoms with Crippen LogP contribution in [0.2, 0.25) is 10.0 Å². The molecule has 1 aromatic rings. The molecule has 1 aliphatic carbocycles. The fraction of sp³-hybridized carbons (Fsp3) is 0.615. The van der Waals surface area contributed by atoms with E-state index in [0.29, 0.717) is 5.02 Å². The highest BCUT2D eigenvalue weighted by atomic mass is 35.5. The number of carboxylic acid groups (broad SMARTS) is 1. The van der Waals surface area contributed by atoms with Gasteiger partial charge in [0.05, 0.1) is 16.5 Å². The zero-order valence-corrected chi connectivity index (χ0v) is 22.6. The number of nitrogens with zero attached hydrogens (tertiary/aromatic N) is 2. The average Bonchev–Trinajstić information content (AvgIpc) is 3.25. The Hall–Kier alpha value is -2.32. The maximum atomic E-state index is 13.7. The van der Waals surface area contributed by atoms with Gasteiger partial charge < -0.3 is 20.2 Å². The molecule has 0 radical (unpaired) electrons. The summed E-state index contributed by atoms with van der Waals surface area (Å²) in [5.74, 6) is -2.19. The van der Waals surface area contributed by atoms with Gasteiger partial charge in [0.1, 0.15) is 0 Å². The van der Waals surface area contributed by atoms with Crippen LogP contribution >= 0.6 is 23.2 Å². The molecular formula is C26H35Cl2N3O5. The van der Waals surface area contributed by atoms with Crippen molar-refractivity contribution in [3.63, 3.8) is 0 Å². The predicted octanol–water partition coefficient (Wildman–Crippen LogP) is 4.58. The van der Waals surface area contributed by atoms with Crippen molar-refractivity contribution in [2.45, 2.75) is 77.9 Å². The molecule has 2 fully saturated rings. The van der Waals surface area contributed by atoms with Gasteiger partial charge in [0.2, 0.25) is 5.91 Å². The van der Waals surface area contributed by atoms with E-state index >= 15 is 0 Å². The van der Waals surface area contributed by atoms with Gasteiger partial charge in [-0.25, -0.2) is 0 Å². The third-order valence-electron chi connectivity index (χ3n) is 6.78. The second-order valence-corrected chi connectivity index (χ2v) is 11.8. The molecule has 0 aromatic heterocycles. The summed E-state index contributed by atoms with van der Waals surface area (Å²) in [7, 11) is 0. The van der Waals surface area contributed by atoms with E-state index in [4.69, 9.17) is 23.2 Å². The van der Waals surface area contributed by atoms with E-state index in [2.05, 4.69) is 5.32 Å². The van der Waals surface area contributed by atoms with Crippen LogP contribution in [0.15, 0.2) is 18.2 Å². The minimum Gasteiger partial charge on any atom is -0.481 e. The molecular weight excluding hydrogens is 505 g/mol. The van der Waals surface area contributed by atoms with Gasteiger partial charge in [0.25, 0.3) is 11.8 Å². The molecule has 2 N–H and O–H groups in total. The number of carbonyl (C=O) groups is 4. The Morgan fingerprint density at radius 2 is 1.67 bits per heavy atom. The summed E-state index contributed by atoms with van der Waals surface area (Å²) < 4.78 is 0. The van der Waals surface area contributed by atoms with Gasteiger partial charge >= 0.3 is 5.97 Å². The van der Waals surface area contributed by atoms with Crippen molar-refractivity contribution in [1.29, 1.82) is 0 Å². The van der Waals surface area contributed by atoms with E-state index in [9.17, 15) is 24.3 Å². The van der Waals surface area contributed by atoms with E-state index in [-0.39, 0.29) is 53.8 Å². The number of amides is 3. The molecule has 1 saturated carbocycles. The second kappa shape index (κ2) is 11.8. The third kappa shape index (κ3) is 7.13. The highest BCUT2D eigenvalue weighted by Gasteiger charge is 2.44. The quantitative estimate of drug-likeness (QED) is 0.527. The van der Waals surface area contributed by atoms with Crippen molar-refractivity contribution in [3.8, 4) is 0 Å². The van der Waals surface area contributed by atoms with Crippen LogP contribution in [0.3, 0.4) is 0 Å². The maximum absolute atomic E-state index is 13.7. The highest BCUT2D eigenvalue weighted by Crippen LogP contribution is 2.30. The summed E-state index contributed by atoms with van der Waals surface area (Å²) in [6, 6.07) is 3.91. The van der Waals surface area contributed by atoms with Crippen LogP contribution in [0, 0.1) is 11.3 Å². The van der Waals surface area contributed by atoms with E-state index in [1.165, 1.54) is 28.0 Å². The number of nitrogens with one attached hydrogen (secondary N) is 1. The van der Waals surface area contributed by atoms with Gasteiger partial charge in [-0.1, -0.05) is 63.2 Å². The second-order valence-electron chi connectivity index (χ2n) is 10.9. The number of rotatable bonds is 7. The van der Waals surface area contributed by atoms with Gasteiger partial charge in [0, 0.05) is 31.1 Å². The van der Waals surface area contributed by atoms with Gasteiger partial charge in [0.15, 0.2) is 6.17 Å². The minimum atomic E-state index is -1.18. The summed E-state index contributed by atoms with van der Waals surface area (Å²) in [6.07, 6.45) is 3.54. The molecule has 3 rings (SSSR count). The summed E-state index contributed by atoms with van der Waals surface area (Å²) >= 11 is 12.1. The minimum absolute atomic E-state index is 0.0400. The van der Waals surface area contributed by atoms with Crippen LogP contribution in [-0.2, 0) is 14.4 Å². The molecule has 0 bridgehead atoms. The first-order valence-corrected chi connectivity index (χ1v) is 13.2. The molecule has 1 aliphatic heterocycles. The number of benzene rings is 1. The highest BCUT2D eigenvalue weighted by molar-refractivity contribution is 6.42. The number of hydrogen-bond donors (Lipinski definition) is 2. The Morgan fingerprint density at radius 3 is 2.25 bits per heavy atom. The van der Waals surface area contributed by atoms with Crippen molar-refractivity contribution < 1.29 is 24.3 Å². The normalized spacial score (nSPS) is 19.8. The van der Waals surface area contributed by atoms with E-state index in [1.54, 1.807) is 0 Å². The smallest absolute Gasteiger partial charge is 0.305 e. The number of carboxylic acids is 1. The first kappa shape index (κ1) is 28.3. The molecule has 1 aromatic carbocycles. The van der Waals surface area contributed by atoms with Crippen molar-refractivity contribution in [2.24, 2.45) is 11.3 Å². The number of halogens is 2.